The third-order valence-corrected chi connectivity index (χ3v) is 7.14. The van der Waals surface area contributed by atoms with Crippen LogP contribution in [0.15, 0.2) is 12.2 Å². The standard InChI is InChI=1S/C19H26O4/c1-11(20)22-17-7-5-15-13-3-6-16-14(4-8-18(21)23-16)12(13)9-10-19(15,17)2/h4,8,12-17H,3,5-7,9-10H2,1-2H3/t12-,13+,14-,15+,16-,17+,19+/m1/s1. The van der Waals surface area contributed by atoms with Crippen molar-refractivity contribution in [1.82, 2.24) is 0 Å². The fourth-order valence-corrected chi connectivity index (χ4v) is 6.16. The third kappa shape index (κ3) is 2.33. The Morgan fingerprint density at radius 3 is 2.83 bits per heavy atom. The monoisotopic (exact) mass is 318 g/mol. The van der Waals surface area contributed by atoms with E-state index < -0.39 is 0 Å². The normalized spacial score (nSPS) is 48.0. The average molecular weight is 318 g/mol. The van der Waals surface area contributed by atoms with Gasteiger partial charge in [0.1, 0.15) is 12.2 Å². The average Bonchev–Trinajstić information content (AvgIpc) is 2.83. The molecule has 3 saturated carbocycles. The van der Waals surface area contributed by atoms with Crippen molar-refractivity contribution in [3.63, 3.8) is 0 Å². The van der Waals surface area contributed by atoms with E-state index in [1.807, 2.05) is 0 Å². The molecule has 0 aromatic carbocycles. The molecule has 7 atom stereocenters. The van der Waals surface area contributed by atoms with Gasteiger partial charge in [0.15, 0.2) is 0 Å². The molecule has 3 fully saturated rings. The van der Waals surface area contributed by atoms with E-state index in [9.17, 15) is 9.59 Å². The molecule has 4 nitrogen and oxygen atoms in total. The summed E-state index contributed by atoms with van der Waals surface area (Å²) in [4.78, 5) is 22.9. The lowest BCUT2D eigenvalue weighted by Gasteiger charge is -2.53. The highest BCUT2D eigenvalue weighted by molar-refractivity contribution is 5.83. The Kier molecular flexibility index (Phi) is 3.54. The van der Waals surface area contributed by atoms with E-state index in [2.05, 4.69) is 13.0 Å². The van der Waals surface area contributed by atoms with E-state index in [4.69, 9.17) is 9.47 Å². The Bertz CT molecular complexity index is 554. The molecule has 4 aliphatic rings. The van der Waals surface area contributed by atoms with Crippen molar-refractivity contribution in [1.29, 1.82) is 0 Å². The highest BCUT2D eigenvalue weighted by Crippen LogP contribution is 2.61. The number of rotatable bonds is 1. The topological polar surface area (TPSA) is 52.6 Å². The maximum Gasteiger partial charge on any atom is 0.330 e. The fraction of sp³-hybridized carbons (Fsp3) is 0.789. The molecule has 1 aliphatic heterocycles. The SMILES string of the molecule is CC(=O)O[C@H]1CC[C@H]2[C@H]3CC[C@H]4OC(=O)C=C[C@@H]4[C@@H]3CC[C@]12C. The van der Waals surface area contributed by atoms with Gasteiger partial charge in [-0.3, -0.25) is 4.79 Å². The summed E-state index contributed by atoms with van der Waals surface area (Å²) in [6.07, 6.45) is 10.4. The van der Waals surface area contributed by atoms with Gasteiger partial charge in [0.2, 0.25) is 0 Å². The zero-order valence-corrected chi connectivity index (χ0v) is 14.0. The molecule has 23 heavy (non-hydrogen) atoms. The van der Waals surface area contributed by atoms with Gasteiger partial charge in [0.25, 0.3) is 0 Å². The van der Waals surface area contributed by atoms with E-state index in [0.29, 0.717) is 23.7 Å². The summed E-state index contributed by atoms with van der Waals surface area (Å²) in [6, 6.07) is 0. The largest absolute Gasteiger partial charge is 0.462 e. The molecule has 4 heteroatoms. The molecule has 3 aliphatic carbocycles. The van der Waals surface area contributed by atoms with E-state index in [1.54, 1.807) is 6.08 Å². The minimum atomic E-state index is -0.180. The van der Waals surface area contributed by atoms with E-state index >= 15 is 0 Å². The summed E-state index contributed by atoms with van der Waals surface area (Å²) in [5.74, 6) is 2.00. The number of carbonyl (C=O) groups is 2. The number of hydrogen-bond acceptors (Lipinski definition) is 4. The first-order valence-electron chi connectivity index (χ1n) is 9.05. The second kappa shape index (κ2) is 5.35. The van der Waals surface area contributed by atoms with Crippen molar-refractivity contribution in [2.45, 2.75) is 64.6 Å². The van der Waals surface area contributed by atoms with Crippen LogP contribution in [0.4, 0.5) is 0 Å². The van der Waals surface area contributed by atoms with Crippen LogP contribution in [0.25, 0.3) is 0 Å². The number of fused-ring (bicyclic) bond motifs is 5. The molecule has 0 saturated heterocycles. The van der Waals surface area contributed by atoms with Crippen LogP contribution in [0.2, 0.25) is 0 Å². The molecule has 0 spiro atoms. The van der Waals surface area contributed by atoms with Crippen molar-refractivity contribution in [2.24, 2.45) is 29.1 Å². The van der Waals surface area contributed by atoms with Crippen LogP contribution < -0.4 is 0 Å². The molecule has 0 aromatic rings. The molecular formula is C19H26O4. The number of esters is 2. The lowest BCUT2D eigenvalue weighted by Crippen LogP contribution is -2.51. The number of carbonyl (C=O) groups excluding carboxylic acids is 2. The Morgan fingerprint density at radius 2 is 2.04 bits per heavy atom. The van der Waals surface area contributed by atoms with Crippen molar-refractivity contribution >= 4 is 11.9 Å². The molecule has 1 heterocycles. The van der Waals surface area contributed by atoms with Crippen LogP contribution in [-0.4, -0.2) is 24.1 Å². The zero-order valence-electron chi connectivity index (χ0n) is 14.0. The quantitative estimate of drug-likeness (QED) is 0.696. The smallest absolute Gasteiger partial charge is 0.330 e. The number of hydrogen-bond donors (Lipinski definition) is 0. The molecule has 0 N–H and O–H groups in total. The maximum absolute atomic E-state index is 11.5. The van der Waals surface area contributed by atoms with Crippen LogP contribution in [0, 0.1) is 29.1 Å². The molecule has 0 bridgehead atoms. The van der Waals surface area contributed by atoms with Gasteiger partial charge < -0.3 is 9.47 Å². The van der Waals surface area contributed by atoms with Crippen LogP contribution >= 0.6 is 0 Å². The third-order valence-electron chi connectivity index (χ3n) is 7.14. The van der Waals surface area contributed by atoms with Crippen LogP contribution in [-0.2, 0) is 19.1 Å². The fourth-order valence-electron chi connectivity index (χ4n) is 6.16. The van der Waals surface area contributed by atoms with Crippen molar-refractivity contribution < 1.29 is 19.1 Å². The molecule has 126 valence electrons. The lowest BCUT2D eigenvalue weighted by molar-refractivity contribution is -0.161. The first kappa shape index (κ1) is 15.2. The second-order valence-electron chi connectivity index (χ2n) is 8.14. The molecule has 4 rings (SSSR count). The van der Waals surface area contributed by atoms with Crippen LogP contribution in [0.1, 0.15) is 52.4 Å². The Hall–Kier alpha value is -1.32. The van der Waals surface area contributed by atoms with E-state index in [1.165, 1.54) is 6.92 Å². The van der Waals surface area contributed by atoms with Gasteiger partial charge in [-0.2, -0.15) is 0 Å². The van der Waals surface area contributed by atoms with E-state index in [-0.39, 0.29) is 29.6 Å². The summed E-state index contributed by atoms with van der Waals surface area (Å²) < 4.78 is 11.2. The van der Waals surface area contributed by atoms with Crippen molar-refractivity contribution in [3.8, 4) is 0 Å². The second-order valence-corrected chi connectivity index (χ2v) is 8.14. The molecule has 0 radical (unpaired) electrons. The predicted octanol–water partition coefficient (Wildman–Crippen LogP) is 3.25. The summed E-state index contributed by atoms with van der Waals surface area (Å²) in [6.45, 7) is 3.85. The predicted molar refractivity (Wildman–Crippen MR) is 84.3 cm³/mol. The first-order valence-corrected chi connectivity index (χ1v) is 9.05. The van der Waals surface area contributed by atoms with Crippen LogP contribution in [0.3, 0.4) is 0 Å². The van der Waals surface area contributed by atoms with Crippen molar-refractivity contribution in [3.05, 3.63) is 12.2 Å². The summed E-state index contributed by atoms with van der Waals surface area (Å²) in [5, 5.41) is 0. The van der Waals surface area contributed by atoms with Crippen molar-refractivity contribution in [2.75, 3.05) is 0 Å². The Morgan fingerprint density at radius 1 is 1.22 bits per heavy atom. The van der Waals surface area contributed by atoms with E-state index in [0.717, 1.165) is 38.5 Å². The van der Waals surface area contributed by atoms with Gasteiger partial charge in [-0.25, -0.2) is 4.79 Å². The minimum Gasteiger partial charge on any atom is -0.462 e. The highest BCUT2D eigenvalue weighted by Gasteiger charge is 2.58. The molecule has 0 amide bonds. The van der Waals surface area contributed by atoms with Gasteiger partial charge in [-0.05, 0) is 56.3 Å². The lowest BCUT2D eigenvalue weighted by atomic mass is 9.53. The Labute approximate surface area is 137 Å². The van der Waals surface area contributed by atoms with Crippen LogP contribution in [0.5, 0.6) is 0 Å². The molecular weight excluding hydrogens is 292 g/mol. The van der Waals surface area contributed by atoms with Gasteiger partial charge >= 0.3 is 11.9 Å². The first-order chi connectivity index (χ1) is 11.0. The molecule has 0 aromatic heterocycles. The Balaban J connectivity index is 1.57. The zero-order chi connectivity index (χ0) is 16.2. The minimum absolute atomic E-state index is 0.0865. The van der Waals surface area contributed by atoms with Gasteiger partial charge in [0.05, 0.1) is 0 Å². The highest BCUT2D eigenvalue weighted by atomic mass is 16.5. The molecule has 0 unspecified atom stereocenters. The maximum atomic E-state index is 11.5. The summed E-state index contributed by atoms with van der Waals surface area (Å²) in [5.41, 5.74) is 0.134. The van der Waals surface area contributed by atoms with Gasteiger partial charge in [-0.15, -0.1) is 0 Å². The van der Waals surface area contributed by atoms with Gasteiger partial charge in [-0.1, -0.05) is 13.0 Å². The van der Waals surface area contributed by atoms with Gasteiger partial charge in [0, 0.05) is 24.3 Å². The summed E-state index contributed by atoms with van der Waals surface area (Å²) in [7, 11) is 0. The summed E-state index contributed by atoms with van der Waals surface area (Å²) >= 11 is 0. The number of ether oxygens (including phenoxy) is 2.